The number of hydroxylamine groups is 1. The summed E-state index contributed by atoms with van der Waals surface area (Å²) in [5, 5.41) is 9.82. The summed E-state index contributed by atoms with van der Waals surface area (Å²) in [4.78, 5) is 21.4. The van der Waals surface area contributed by atoms with Crippen LogP contribution < -0.4 is 5.06 Å². The van der Waals surface area contributed by atoms with Gasteiger partial charge < -0.3 is 0 Å². The van der Waals surface area contributed by atoms with Gasteiger partial charge in [0, 0.05) is 5.56 Å². The Balaban J connectivity index is 2.52. The maximum atomic E-state index is 11.0. The van der Waals surface area contributed by atoms with E-state index in [0.29, 0.717) is 28.2 Å². The van der Waals surface area contributed by atoms with Gasteiger partial charge in [0.1, 0.15) is 6.29 Å². The van der Waals surface area contributed by atoms with Gasteiger partial charge in [-0.1, -0.05) is 0 Å². The average molecular weight is 177 g/mol. The molecule has 4 nitrogen and oxygen atoms in total. The smallest absolute Gasteiger partial charge is 0.255 e. The molecule has 0 unspecified atom stereocenters. The zero-order valence-corrected chi connectivity index (χ0v) is 6.73. The number of amides is 1. The van der Waals surface area contributed by atoms with E-state index in [4.69, 9.17) is 0 Å². The second-order valence-corrected chi connectivity index (χ2v) is 2.89. The molecule has 0 aliphatic carbocycles. The fourth-order valence-electron chi connectivity index (χ4n) is 1.40. The number of carbonyl (C=O) groups is 2. The molecule has 0 saturated carbocycles. The summed E-state index contributed by atoms with van der Waals surface area (Å²) < 4.78 is 0. The number of hydrogen-bond acceptors (Lipinski definition) is 3. The summed E-state index contributed by atoms with van der Waals surface area (Å²) in [5.41, 5.74) is 1.68. The van der Waals surface area contributed by atoms with Crippen LogP contribution in [0, 0.1) is 0 Å². The minimum Gasteiger partial charge on any atom is -0.298 e. The van der Waals surface area contributed by atoms with Gasteiger partial charge in [0.05, 0.1) is 12.1 Å². The van der Waals surface area contributed by atoms with E-state index in [9.17, 15) is 14.8 Å². The van der Waals surface area contributed by atoms with Crippen molar-refractivity contribution in [1.29, 1.82) is 0 Å². The Bertz CT molecular complexity index is 386. The van der Waals surface area contributed by atoms with Crippen molar-refractivity contribution in [3.05, 3.63) is 29.3 Å². The lowest BCUT2D eigenvalue weighted by molar-refractivity contribution is -0.122. The molecule has 1 aromatic carbocycles. The van der Waals surface area contributed by atoms with E-state index in [1.165, 1.54) is 0 Å². The average Bonchev–Trinajstić information content (AvgIpc) is 2.42. The van der Waals surface area contributed by atoms with Crippen molar-refractivity contribution in [3.8, 4) is 0 Å². The second kappa shape index (κ2) is 2.67. The van der Waals surface area contributed by atoms with Gasteiger partial charge in [0.2, 0.25) is 0 Å². The molecule has 66 valence electrons. The van der Waals surface area contributed by atoms with Crippen molar-refractivity contribution in [2.24, 2.45) is 0 Å². The van der Waals surface area contributed by atoms with Gasteiger partial charge in [-0.05, 0) is 23.8 Å². The highest BCUT2D eigenvalue weighted by Crippen LogP contribution is 2.27. The molecular formula is C9H7NO3. The van der Waals surface area contributed by atoms with E-state index in [1.54, 1.807) is 18.2 Å². The van der Waals surface area contributed by atoms with Crippen LogP contribution in [0.2, 0.25) is 0 Å². The molecule has 0 aromatic heterocycles. The van der Waals surface area contributed by atoms with Gasteiger partial charge in [-0.25, -0.2) is 0 Å². The molecule has 0 spiro atoms. The van der Waals surface area contributed by atoms with Crippen LogP contribution in [-0.4, -0.2) is 17.4 Å². The van der Waals surface area contributed by atoms with Crippen LogP contribution in [0.4, 0.5) is 5.69 Å². The topological polar surface area (TPSA) is 57.6 Å². The molecule has 1 N–H and O–H groups in total. The number of carbonyl (C=O) groups excluding carboxylic acids is 2. The Labute approximate surface area is 74.4 Å². The lowest BCUT2D eigenvalue weighted by atomic mass is 10.1. The maximum Gasteiger partial charge on any atom is 0.255 e. The molecule has 0 atom stereocenters. The van der Waals surface area contributed by atoms with Gasteiger partial charge >= 0.3 is 0 Å². The highest BCUT2D eigenvalue weighted by atomic mass is 16.5. The number of fused-ring (bicyclic) bond motifs is 1. The quantitative estimate of drug-likeness (QED) is 0.509. The first-order chi connectivity index (χ1) is 6.22. The molecule has 2 rings (SSSR count). The number of nitrogens with zero attached hydrogens (tertiary/aromatic N) is 1. The van der Waals surface area contributed by atoms with Gasteiger partial charge in [-0.3, -0.25) is 14.8 Å². The zero-order chi connectivity index (χ0) is 9.42. The van der Waals surface area contributed by atoms with Gasteiger partial charge in [-0.2, -0.15) is 5.06 Å². The maximum absolute atomic E-state index is 11.0. The first-order valence-electron chi connectivity index (χ1n) is 3.82. The Hall–Kier alpha value is -1.68. The second-order valence-electron chi connectivity index (χ2n) is 2.89. The Kier molecular flexibility index (Phi) is 1.63. The monoisotopic (exact) mass is 177 g/mol. The molecule has 1 amide bonds. The van der Waals surface area contributed by atoms with Crippen LogP contribution in [0.1, 0.15) is 15.9 Å². The van der Waals surface area contributed by atoms with Crippen LogP contribution in [0.25, 0.3) is 0 Å². The standard InChI is InChI=1S/C9H7NO3/c11-5-6-1-2-8-7(3-6)4-9(12)10(8)13/h1-3,5,13H,4H2. The third kappa shape index (κ3) is 1.11. The predicted molar refractivity (Wildman–Crippen MR) is 44.8 cm³/mol. The fraction of sp³-hybridized carbons (Fsp3) is 0.111. The molecule has 13 heavy (non-hydrogen) atoms. The van der Waals surface area contributed by atoms with E-state index in [-0.39, 0.29) is 12.3 Å². The van der Waals surface area contributed by atoms with Crippen molar-refractivity contribution < 1.29 is 14.8 Å². The molecule has 1 heterocycles. The van der Waals surface area contributed by atoms with Gasteiger partial charge in [0.25, 0.3) is 5.91 Å². The predicted octanol–water partition coefficient (Wildman–Crippen LogP) is 0.777. The van der Waals surface area contributed by atoms with Crippen LogP contribution in [0.3, 0.4) is 0 Å². The van der Waals surface area contributed by atoms with Gasteiger partial charge in [0.15, 0.2) is 0 Å². The molecule has 0 saturated heterocycles. The first-order valence-corrected chi connectivity index (χ1v) is 3.82. The number of hydrogen-bond donors (Lipinski definition) is 1. The van der Waals surface area contributed by atoms with Crippen molar-refractivity contribution >= 4 is 17.9 Å². The minimum absolute atomic E-state index is 0.160. The minimum atomic E-state index is -0.363. The van der Waals surface area contributed by atoms with Gasteiger partial charge in [-0.15, -0.1) is 0 Å². The summed E-state index contributed by atoms with van der Waals surface area (Å²) in [6.45, 7) is 0. The number of anilines is 1. The molecule has 4 heteroatoms. The molecule has 0 radical (unpaired) electrons. The SMILES string of the molecule is O=Cc1ccc2c(c1)CC(=O)N2O. The third-order valence-electron chi connectivity index (χ3n) is 2.05. The molecule has 1 aliphatic rings. The highest BCUT2D eigenvalue weighted by Gasteiger charge is 2.25. The Morgan fingerprint density at radius 3 is 2.92 bits per heavy atom. The Morgan fingerprint density at radius 1 is 1.46 bits per heavy atom. The van der Waals surface area contributed by atoms with Crippen molar-refractivity contribution in [2.75, 3.05) is 5.06 Å². The van der Waals surface area contributed by atoms with E-state index in [0.717, 1.165) is 0 Å². The summed E-state index contributed by atoms with van der Waals surface area (Å²) in [5.74, 6) is -0.363. The summed E-state index contributed by atoms with van der Waals surface area (Å²) in [6.07, 6.45) is 0.873. The van der Waals surface area contributed by atoms with E-state index in [2.05, 4.69) is 0 Å². The number of rotatable bonds is 1. The van der Waals surface area contributed by atoms with E-state index in [1.807, 2.05) is 0 Å². The first kappa shape index (κ1) is 7.94. The van der Waals surface area contributed by atoms with Crippen molar-refractivity contribution in [2.45, 2.75) is 6.42 Å². The third-order valence-corrected chi connectivity index (χ3v) is 2.05. The van der Waals surface area contributed by atoms with E-state index >= 15 is 0 Å². The lowest BCUT2D eigenvalue weighted by Crippen LogP contribution is -2.21. The van der Waals surface area contributed by atoms with Crippen LogP contribution in [-0.2, 0) is 11.2 Å². The van der Waals surface area contributed by atoms with Crippen molar-refractivity contribution in [1.82, 2.24) is 0 Å². The fourth-order valence-corrected chi connectivity index (χ4v) is 1.40. The summed E-state index contributed by atoms with van der Waals surface area (Å²) in [6, 6.07) is 4.73. The summed E-state index contributed by atoms with van der Waals surface area (Å²) >= 11 is 0. The van der Waals surface area contributed by atoms with Crippen molar-refractivity contribution in [3.63, 3.8) is 0 Å². The lowest BCUT2D eigenvalue weighted by Gasteiger charge is -2.06. The normalized spacial score (nSPS) is 14.5. The number of aldehydes is 1. The zero-order valence-electron chi connectivity index (χ0n) is 6.73. The molecule has 1 aromatic rings. The molecule has 1 aliphatic heterocycles. The van der Waals surface area contributed by atoms with Crippen LogP contribution in [0.5, 0.6) is 0 Å². The van der Waals surface area contributed by atoms with Crippen LogP contribution >= 0.6 is 0 Å². The molecule has 0 fully saturated rings. The highest BCUT2D eigenvalue weighted by molar-refractivity contribution is 5.99. The largest absolute Gasteiger partial charge is 0.298 e. The summed E-state index contributed by atoms with van der Waals surface area (Å²) in [7, 11) is 0. The number of benzene rings is 1. The Morgan fingerprint density at radius 2 is 2.23 bits per heavy atom. The molecule has 0 bridgehead atoms. The van der Waals surface area contributed by atoms with E-state index < -0.39 is 0 Å². The molecular weight excluding hydrogens is 170 g/mol. The van der Waals surface area contributed by atoms with Crippen LogP contribution in [0.15, 0.2) is 18.2 Å².